The predicted molar refractivity (Wildman–Crippen MR) is 110 cm³/mol. The summed E-state index contributed by atoms with van der Waals surface area (Å²) in [5, 5.41) is 13.1. The number of carboxylic acid groups (broad SMARTS) is 1. The Balaban J connectivity index is 0.00000225. The van der Waals surface area contributed by atoms with Gasteiger partial charge in [-0.2, -0.15) is 0 Å². The molecule has 3 aromatic rings. The van der Waals surface area contributed by atoms with Crippen LogP contribution in [0.2, 0.25) is 0 Å². The molecule has 2 aromatic heterocycles. The molecule has 3 N–H and O–H groups in total. The van der Waals surface area contributed by atoms with Crippen LogP contribution in [0.5, 0.6) is 5.75 Å². The number of fused-ring (bicyclic) bond motifs is 4. The lowest BCUT2D eigenvalue weighted by Gasteiger charge is -2.11. The average Bonchev–Trinajstić information content (AvgIpc) is 2.81. The fraction of sp³-hybridized carbons (Fsp3) is 0.300. The van der Waals surface area contributed by atoms with Crippen molar-refractivity contribution in [2.24, 2.45) is 7.05 Å². The number of hydrogen-bond donors (Lipinski definition) is 3. The van der Waals surface area contributed by atoms with Gasteiger partial charge in [-0.3, -0.25) is 4.79 Å². The summed E-state index contributed by atoms with van der Waals surface area (Å²) in [5.41, 5.74) is 5.65. The van der Waals surface area contributed by atoms with Gasteiger partial charge in [-0.25, -0.2) is 4.79 Å². The molecular weight excluding hydrogens is 382 g/mol. The van der Waals surface area contributed by atoms with E-state index < -0.39 is 11.7 Å². The minimum Gasteiger partial charge on any atom is -0.449 e. The number of nitrogens with zero attached hydrogens (tertiary/aromatic N) is 1. The van der Waals surface area contributed by atoms with Gasteiger partial charge in [0.25, 0.3) is 5.56 Å². The van der Waals surface area contributed by atoms with Gasteiger partial charge in [-0.15, -0.1) is 12.4 Å². The predicted octanol–water partition coefficient (Wildman–Crippen LogP) is 3.22. The van der Waals surface area contributed by atoms with Crippen LogP contribution in [0.3, 0.4) is 0 Å². The molecule has 0 atom stereocenters. The van der Waals surface area contributed by atoms with Gasteiger partial charge in [0.2, 0.25) is 0 Å². The lowest BCUT2D eigenvalue weighted by Crippen LogP contribution is -2.16. The van der Waals surface area contributed by atoms with Crippen LogP contribution >= 0.6 is 12.4 Å². The minimum absolute atomic E-state index is 0. The van der Waals surface area contributed by atoms with Crippen LogP contribution in [0.4, 0.5) is 4.79 Å². The number of hydrogen-bond acceptors (Lipinski definition) is 4. The van der Waals surface area contributed by atoms with Crippen molar-refractivity contribution in [3.8, 4) is 17.0 Å². The van der Waals surface area contributed by atoms with Gasteiger partial charge < -0.3 is 24.7 Å². The average molecular weight is 404 g/mol. The van der Waals surface area contributed by atoms with Crippen molar-refractivity contribution in [1.82, 2.24) is 14.9 Å². The molecule has 0 saturated heterocycles. The molecule has 148 valence electrons. The molecule has 0 radical (unpaired) electrons. The van der Waals surface area contributed by atoms with Crippen molar-refractivity contribution in [3.63, 3.8) is 0 Å². The smallest absolute Gasteiger partial charge is 0.449 e. The van der Waals surface area contributed by atoms with E-state index >= 15 is 0 Å². The summed E-state index contributed by atoms with van der Waals surface area (Å²) in [7, 11) is 3.98. The van der Waals surface area contributed by atoms with Crippen molar-refractivity contribution in [2.45, 2.75) is 25.8 Å². The second-order valence-electron chi connectivity index (χ2n) is 6.88. The van der Waals surface area contributed by atoms with Gasteiger partial charge in [0.1, 0.15) is 0 Å². The molecular formula is C20H22ClN3O4. The Hall–Kier alpha value is -2.77. The maximum atomic E-state index is 12.3. The van der Waals surface area contributed by atoms with Crippen molar-refractivity contribution >= 4 is 29.5 Å². The Morgan fingerprint density at radius 1 is 1.25 bits per heavy atom. The Kier molecular flexibility index (Phi) is 5.49. The van der Waals surface area contributed by atoms with Gasteiger partial charge in [0.15, 0.2) is 5.75 Å². The Morgan fingerprint density at radius 2 is 2.00 bits per heavy atom. The first kappa shape index (κ1) is 20.0. The van der Waals surface area contributed by atoms with E-state index in [1.165, 1.54) is 11.3 Å². The molecule has 0 saturated carbocycles. The SMILES string of the molecule is CNCc1cc2cc3c(cc2n1C)CCCc1cc(OC(=O)O)c(=O)[nH]c1-3.Cl. The third-order valence-corrected chi connectivity index (χ3v) is 5.17. The van der Waals surface area contributed by atoms with Crippen LogP contribution in [0, 0.1) is 0 Å². The van der Waals surface area contributed by atoms with E-state index in [1.54, 1.807) is 6.07 Å². The van der Waals surface area contributed by atoms with Crippen molar-refractivity contribution in [2.75, 3.05) is 7.05 Å². The third kappa shape index (κ3) is 3.39. The number of aromatic amines is 1. The number of rotatable bonds is 3. The zero-order valence-corrected chi connectivity index (χ0v) is 16.5. The first-order valence-corrected chi connectivity index (χ1v) is 8.91. The second kappa shape index (κ2) is 7.69. The highest BCUT2D eigenvalue weighted by molar-refractivity contribution is 5.88. The van der Waals surface area contributed by atoms with E-state index in [0.29, 0.717) is 0 Å². The van der Waals surface area contributed by atoms with Crippen molar-refractivity contribution < 1.29 is 14.6 Å². The van der Waals surface area contributed by atoms with E-state index in [2.05, 4.69) is 44.9 Å². The van der Waals surface area contributed by atoms with Crippen molar-refractivity contribution in [1.29, 1.82) is 0 Å². The number of aryl methyl sites for hydroxylation is 3. The molecule has 7 nitrogen and oxygen atoms in total. The zero-order chi connectivity index (χ0) is 19.1. The van der Waals surface area contributed by atoms with Gasteiger partial charge in [0.05, 0.1) is 5.69 Å². The summed E-state index contributed by atoms with van der Waals surface area (Å²) in [6.45, 7) is 0.777. The molecule has 0 spiro atoms. The molecule has 0 fully saturated rings. The van der Waals surface area contributed by atoms with Gasteiger partial charge in [-0.05, 0) is 61.7 Å². The van der Waals surface area contributed by atoms with Crippen molar-refractivity contribution in [3.05, 3.63) is 51.4 Å². The molecule has 0 unspecified atom stereocenters. The molecule has 1 aromatic carbocycles. The van der Waals surface area contributed by atoms with E-state index in [9.17, 15) is 9.59 Å². The van der Waals surface area contributed by atoms with Crippen LogP contribution in [0.25, 0.3) is 22.2 Å². The van der Waals surface area contributed by atoms with Crippen LogP contribution in [0.15, 0.2) is 29.1 Å². The van der Waals surface area contributed by atoms with Gasteiger partial charge in [0, 0.05) is 35.8 Å². The first-order valence-electron chi connectivity index (χ1n) is 8.91. The topological polar surface area (TPSA) is 96.3 Å². The Labute approximate surface area is 167 Å². The molecule has 8 heteroatoms. The summed E-state index contributed by atoms with van der Waals surface area (Å²) in [6.07, 6.45) is 1.07. The number of aromatic nitrogens is 2. The summed E-state index contributed by atoms with van der Waals surface area (Å²) in [6, 6.07) is 8.01. The molecule has 1 aliphatic carbocycles. The fourth-order valence-electron chi connectivity index (χ4n) is 3.90. The number of carbonyl (C=O) groups is 1. The van der Waals surface area contributed by atoms with Gasteiger partial charge >= 0.3 is 6.16 Å². The van der Waals surface area contributed by atoms with Crippen LogP contribution in [-0.2, 0) is 26.4 Å². The highest BCUT2D eigenvalue weighted by atomic mass is 35.5. The van der Waals surface area contributed by atoms with E-state index in [0.717, 1.165) is 53.5 Å². The Bertz CT molecular complexity index is 1120. The zero-order valence-electron chi connectivity index (χ0n) is 15.7. The number of halogens is 1. The maximum Gasteiger partial charge on any atom is 0.511 e. The van der Waals surface area contributed by atoms with E-state index in [-0.39, 0.29) is 18.2 Å². The monoisotopic (exact) mass is 403 g/mol. The normalized spacial score (nSPS) is 12.6. The maximum absolute atomic E-state index is 12.3. The Morgan fingerprint density at radius 3 is 2.71 bits per heavy atom. The van der Waals surface area contributed by atoms with Gasteiger partial charge in [-0.1, -0.05) is 0 Å². The summed E-state index contributed by atoms with van der Waals surface area (Å²) < 4.78 is 6.80. The standard InChI is InChI=1S/C20H21N3O4.ClH/c1-21-10-14-6-13-7-15-11(8-16(13)23(14)2)4-3-5-12-9-17(27-20(25)26)19(24)22-18(12)15;/h6-9,21H,3-5,10H2,1-2H3,(H,22,24)(H,25,26);1H. The molecule has 1 aliphatic rings. The molecule has 4 rings (SSSR count). The van der Waals surface area contributed by atoms with E-state index in [1.807, 2.05) is 7.05 Å². The number of benzene rings is 1. The largest absolute Gasteiger partial charge is 0.511 e. The summed E-state index contributed by atoms with van der Waals surface area (Å²) in [5.74, 6) is -0.179. The number of ether oxygens (including phenoxy) is 1. The molecule has 0 amide bonds. The minimum atomic E-state index is -1.49. The second-order valence-corrected chi connectivity index (χ2v) is 6.88. The highest BCUT2D eigenvalue weighted by Gasteiger charge is 2.20. The summed E-state index contributed by atoms with van der Waals surface area (Å²) >= 11 is 0. The van der Waals surface area contributed by atoms with Crippen LogP contribution in [0.1, 0.15) is 23.2 Å². The summed E-state index contributed by atoms with van der Waals surface area (Å²) in [4.78, 5) is 26.0. The first-order chi connectivity index (χ1) is 13.0. The molecule has 0 aliphatic heterocycles. The quantitative estimate of drug-likeness (QED) is 0.583. The lowest BCUT2D eigenvalue weighted by molar-refractivity contribution is 0.143. The molecule has 2 heterocycles. The third-order valence-electron chi connectivity index (χ3n) is 5.17. The number of H-pyrrole nitrogens is 1. The fourth-order valence-corrected chi connectivity index (χ4v) is 3.90. The molecule has 28 heavy (non-hydrogen) atoms. The van der Waals surface area contributed by atoms with Crippen LogP contribution < -0.4 is 15.6 Å². The molecule has 0 bridgehead atoms. The highest BCUT2D eigenvalue weighted by Crippen LogP contribution is 2.35. The van der Waals surface area contributed by atoms with Crippen LogP contribution in [-0.4, -0.2) is 27.9 Å². The van der Waals surface area contributed by atoms with E-state index in [4.69, 9.17) is 5.11 Å². The number of pyridine rings is 1. The number of nitrogens with one attached hydrogen (secondary N) is 2. The lowest BCUT2D eigenvalue weighted by atomic mass is 9.99.